The Balaban J connectivity index is 2.13. The van der Waals surface area contributed by atoms with Crippen LogP contribution in [-0.4, -0.2) is 5.97 Å². The van der Waals surface area contributed by atoms with Crippen LogP contribution >= 0.6 is 0 Å². The summed E-state index contributed by atoms with van der Waals surface area (Å²) in [5.41, 5.74) is 0.130. The first-order valence-corrected chi connectivity index (χ1v) is 6.38. The van der Waals surface area contributed by atoms with Crippen molar-refractivity contribution in [2.75, 3.05) is 0 Å². The fourth-order valence-corrected chi connectivity index (χ4v) is 2.60. The molecule has 1 saturated carbocycles. The van der Waals surface area contributed by atoms with Crippen molar-refractivity contribution in [1.82, 2.24) is 0 Å². The molecular weight excluding hydrogens is 188 g/mol. The van der Waals surface area contributed by atoms with Crippen LogP contribution in [0.25, 0.3) is 0 Å². The van der Waals surface area contributed by atoms with Gasteiger partial charge in [0.25, 0.3) is 0 Å². The van der Waals surface area contributed by atoms with Gasteiger partial charge in [0.15, 0.2) is 0 Å². The van der Waals surface area contributed by atoms with E-state index in [1.54, 1.807) is 0 Å². The lowest BCUT2D eigenvalue weighted by atomic mass is 9.64. The van der Waals surface area contributed by atoms with E-state index in [4.69, 9.17) is 0 Å². The van der Waals surface area contributed by atoms with Crippen LogP contribution in [0.4, 0.5) is 0 Å². The van der Waals surface area contributed by atoms with Gasteiger partial charge in [-0.25, -0.2) is 0 Å². The van der Waals surface area contributed by atoms with Gasteiger partial charge in [0.1, 0.15) is 0 Å². The molecule has 0 aromatic rings. The van der Waals surface area contributed by atoms with E-state index in [1.807, 2.05) is 0 Å². The fraction of sp³-hybridized carbons (Fsp3) is 0.923. The molecule has 0 unspecified atom stereocenters. The van der Waals surface area contributed by atoms with Crippen LogP contribution in [0.5, 0.6) is 0 Å². The molecule has 0 aromatic heterocycles. The third kappa shape index (κ3) is 4.23. The molecule has 0 saturated heterocycles. The summed E-state index contributed by atoms with van der Waals surface area (Å²) < 4.78 is 0. The molecule has 0 amide bonds. The maximum absolute atomic E-state index is 10.6. The van der Waals surface area contributed by atoms with Crippen LogP contribution in [0.1, 0.15) is 71.1 Å². The molecule has 0 heterocycles. The molecule has 1 aliphatic carbocycles. The number of hydrogen-bond donors (Lipinski definition) is 0. The minimum atomic E-state index is -0.858. The number of carboxylic acids is 1. The third-order valence-corrected chi connectivity index (χ3v) is 3.74. The molecule has 0 aromatic carbocycles. The molecule has 0 N–H and O–H groups in total. The van der Waals surface area contributed by atoms with Crippen LogP contribution in [0.2, 0.25) is 0 Å². The number of aliphatic carboxylic acids is 1. The van der Waals surface area contributed by atoms with Gasteiger partial charge >= 0.3 is 0 Å². The van der Waals surface area contributed by atoms with E-state index in [-0.39, 0.29) is 5.41 Å². The van der Waals surface area contributed by atoms with Crippen molar-refractivity contribution in [2.45, 2.75) is 71.1 Å². The molecule has 0 bridgehead atoms. The highest BCUT2D eigenvalue weighted by molar-refractivity contribution is 5.65. The SMILES string of the molecule is CCCCCCCC1(CC(=O)[O-])CCC1. The Kier molecular flexibility index (Phi) is 5.13. The summed E-state index contributed by atoms with van der Waals surface area (Å²) in [5.74, 6) is -0.858. The Morgan fingerprint density at radius 3 is 2.33 bits per heavy atom. The van der Waals surface area contributed by atoms with Gasteiger partial charge in [0.2, 0.25) is 0 Å². The molecule has 0 spiro atoms. The lowest BCUT2D eigenvalue weighted by Gasteiger charge is -2.42. The number of carbonyl (C=O) groups excluding carboxylic acids is 1. The Bertz CT molecular complexity index is 195. The summed E-state index contributed by atoms with van der Waals surface area (Å²) in [7, 11) is 0. The van der Waals surface area contributed by atoms with Crippen LogP contribution < -0.4 is 5.11 Å². The van der Waals surface area contributed by atoms with Gasteiger partial charge in [0, 0.05) is 5.97 Å². The largest absolute Gasteiger partial charge is 0.550 e. The van der Waals surface area contributed by atoms with Crippen molar-refractivity contribution in [3.63, 3.8) is 0 Å². The Morgan fingerprint density at radius 2 is 1.87 bits per heavy atom. The van der Waals surface area contributed by atoms with Crippen LogP contribution in [-0.2, 0) is 4.79 Å². The molecule has 15 heavy (non-hydrogen) atoms. The zero-order valence-electron chi connectivity index (χ0n) is 9.89. The number of hydrogen-bond acceptors (Lipinski definition) is 2. The topological polar surface area (TPSA) is 40.1 Å². The van der Waals surface area contributed by atoms with Crippen LogP contribution in [0.15, 0.2) is 0 Å². The van der Waals surface area contributed by atoms with E-state index in [9.17, 15) is 9.90 Å². The molecule has 0 atom stereocenters. The average Bonchev–Trinajstić information content (AvgIpc) is 2.12. The smallest absolute Gasteiger partial charge is 0.0419 e. The predicted molar refractivity (Wildman–Crippen MR) is 59.3 cm³/mol. The molecule has 0 radical (unpaired) electrons. The van der Waals surface area contributed by atoms with Crippen LogP contribution in [0.3, 0.4) is 0 Å². The minimum absolute atomic E-state index is 0.130. The summed E-state index contributed by atoms with van der Waals surface area (Å²) >= 11 is 0. The molecule has 1 aliphatic rings. The third-order valence-electron chi connectivity index (χ3n) is 3.74. The maximum Gasteiger partial charge on any atom is 0.0419 e. The van der Waals surface area contributed by atoms with E-state index in [0.29, 0.717) is 6.42 Å². The van der Waals surface area contributed by atoms with Gasteiger partial charge in [0.05, 0.1) is 0 Å². The predicted octanol–water partition coefficient (Wildman–Crippen LogP) is 2.66. The highest BCUT2D eigenvalue weighted by Gasteiger charge is 2.35. The first-order valence-electron chi connectivity index (χ1n) is 6.38. The lowest BCUT2D eigenvalue weighted by molar-refractivity contribution is -0.309. The highest BCUT2D eigenvalue weighted by atomic mass is 16.4. The summed E-state index contributed by atoms with van der Waals surface area (Å²) in [5, 5.41) is 10.6. The Hall–Kier alpha value is -0.530. The fourth-order valence-electron chi connectivity index (χ4n) is 2.60. The van der Waals surface area contributed by atoms with Gasteiger partial charge < -0.3 is 9.90 Å². The van der Waals surface area contributed by atoms with Crippen molar-refractivity contribution in [1.29, 1.82) is 0 Å². The zero-order valence-corrected chi connectivity index (χ0v) is 9.89. The molecule has 1 fully saturated rings. The molecule has 2 heteroatoms. The monoisotopic (exact) mass is 211 g/mol. The van der Waals surface area contributed by atoms with E-state index in [1.165, 1.54) is 38.5 Å². The van der Waals surface area contributed by atoms with E-state index >= 15 is 0 Å². The first kappa shape index (κ1) is 12.5. The number of carbonyl (C=O) groups is 1. The average molecular weight is 211 g/mol. The molecule has 88 valence electrons. The van der Waals surface area contributed by atoms with E-state index in [2.05, 4.69) is 6.92 Å². The summed E-state index contributed by atoms with van der Waals surface area (Å²) in [6.07, 6.45) is 11.2. The molecule has 2 nitrogen and oxygen atoms in total. The number of unbranched alkanes of at least 4 members (excludes halogenated alkanes) is 4. The second kappa shape index (κ2) is 6.14. The number of rotatable bonds is 8. The van der Waals surface area contributed by atoms with Crippen molar-refractivity contribution in [2.24, 2.45) is 5.41 Å². The first-order chi connectivity index (χ1) is 7.18. The highest BCUT2D eigenvalue weighted by Crippen LogP contribution is 2.47. The van der Waals surface area contributed by atoms with E-state index in [0.717, 1.165) is 19.3 Å². The van der Waals surface area contributed by atoms with Gasteiger partial charge in [-0.15, -0.1) is 0 Å². The van der Waals surface area contributed by atoms with Gasteiger partial charge in [-0.3, -0.25) is 0 Å². The van der Waals surface area contributed by atoms with Crippen molar-refractivity contribution in [3.05, 3.63) is 0 Å². The normalized spacial score (nSPS) is 18.5. The van der Waals surface area contributed by atoms with Gasteiger partial charge in [-0.1, -0.05) is 45.4 Å². The second-order valence-electron chi connectivity index (χ2n) is 5.07. The summed E-state index contributed by atoms with van der Waals surface area (Å²) in [6, 6.07) is 0. The quantitative estimate of drug-likeness (QED) is 0.579. The van der Waals surface area contributed by atoms with Crippen molar-refractivity contribution >= 4 is 5.97 Å². The van der Waals surface area contributed by atoms with Crippen LogP contribution in [0, 0.1) is 5.41 Å². The standard InChI is InChI=1S/C13H24O2/c1-2-3-4-5-6-8-13(9-7-10-13)11-12(14)15/h2-11H2,1H3,(H,14,15)/p-1. The lowest BCUT2D eigenvalue weighted by Crippen LogP contribution is -2.37. The van der Waals surface area contributed by atoms with Gasteiger partial charge in [-0.05, 0) is 31.1 Å². The van der Waals surface area contributed by atoms with Crippen molar-refractivity contribution in [3.8, 4) is 0 Å². The minimum Gasteiger partial charge on any atom is -0.550 e. The molecular formula is C13H23O2-. The summed E-state index contributed by atoms with van der Waals surface area (Å²) in [4.78, 5) is 10.6. The Morgan fingerprint density at radius 1 is 1.20 bits per heavy atom. The maximum atomic E-state index is 10.6. The molecule has 0 aliphatic heterocycles. The number of carboxylic acid groups (broad SMARTS) is 1. The summed E-state index contributed by atoms with van der Waals surface area (Å²) in [6.45, 7) is 2.21. The van der Waals surface area contributed by atoms with E-state index < -0.39 is 5.97 Å². The zero-order chi connectivity index (χ0) is 11.1. The van der Waals surface area contributed by atoms with Crippen molar-refractivity contribution < 1.29 is 9.90 Å². The molecule has 1 rings (SSSR count). The second-order valence-corrected chi connectivity index (χ2v) is 5.07. The Labute approximate surface area is 93.1 Å². The van der Waals surface area contributed by atoms with Gasteiger partial charge in [-0.2, -0.15) is 0 Å².